The molecule has 5 heteroatoms. The topological polar surface area (TPSA) is 49.6 Å². The number of non-ortho nitro benzene ring substituents is 1. The summed E-state index contributed by atoms with van der Waals surface area (Å²) in [6.45, 7) is 5.70. The van der Waals surface area contributed by atoms with Gasteiger partial charge in [-0.25, -0.2) is 0 Å². The first-order valence-corrected chi connectivity index (χ1v) is 7.31. The predicted octanol–water partition coefficient (Wildman–Crippen LogP) is 2.91. The molecule has 0 amide bonds. The van der Waals surface area contributed by atoms with Gasteiger partial charge in [-0.2, -0.15) is 0 Å². The maximum atomic E-state index is 10.7. The van der Waals surface area contributed by atoms with Crippen molar-refractivity contribution < 1.29 is 4.92 Å². The van der Waals surface area contributed by atoms with Crippen molar-refractivity contribution >= 4 is 11.4 Å². The van der Waals surface area contributed by atoms with E-state index in [-0.39, 0.29) is 10.6 Å². The number of piperidine rings is 1. The average molecular weight is 277 g/mol. The van der Waals surface area contributed by atoms with Crippen molar-refractivity contribution in [1.82, 2.24) is 4.90 Å². The Labute approximate surface area is 120 Å². The molecule has 0 bridgehead atoms. The van der Waals surface area contributed by atoms with Crippen molar-refractivity contribution in [3.63, 3.8) is 0 Å². The van der Waals surface area contributed by atoms with E-state index in [1.54, 1.807) is 12.1 Å². The molecule has 1 heterocycles. The number of hydrogen-bond donors (Lipinski definition) is 0. The highest BCUT2D eigenvalue weighted by Crippen LogP contribution is 2.24. The number of nitro benzene ring substituents is 1. The molecule has 0 spiro atoms. The Bertz CT molecular complexity index is 439. The lowest BCUT2D eigenvalue weighted by molar-refractivity contribution is -0.384. The number of nitro groups is 1. The van der Waals surface area contributed by atoms with E-state index in [2.05, 4.69) is 23.8 Å². The van der Waals surface area contributed by atoms with E-state index in [1.165, 1.54) is 13.0 Å². The van der Waals surface area contributed by atoms with Gasteiger partial charge >= 0.3 is 0 Å². The standard InChI is InChI=1S/C15H23N3O2/c1-3-10-17-11-8-14(9-12-17)16(2)13-4-6-15(7-5-13)18(19)20/h4-7,14H,3,8-12H2,1-2H3. The summed E-state index contributed by atoms with van der Waals surface area (Å²) in [5.74, 6) is 0. The van der Waals surface area contributed by atoms with Crippen LogP contribution in [-0.4, -0.2) is 42.5 Å². The lowest BCUT2D eigenvalue weighted by Gasteiger charge is -2.37. The van der Waals surface area contributed by atoms with Gasteiger partial charge in [-0.3, -0.25) is 10.1 Å². The molecular weight excluding hydrogens is 254 g/mol. The lowest BCUT2D eigenvalue weighted by atomic mass is 10.0. The van der Waals surface area contributed by atoms with Crippen molar-refractivity contribution in [3.8, 4) is 0 Å². The fourth-order valence-electron chi connectivity index (χ4n) is 2.87. The third-order valence-electron chi connectivity index (χ3n) is 4.11. The van der Waals surface area contributed by atoms with E-state index in [9.17, 15) is 10.1 Å². The van der Waals surface area contributed by atoms with Crippen LogP contribution in [0.15, 0.2) is 24.3 Å². The van der Waals surface area contributed by atoms with Crippen molar-refractivity contribution in [2.24, 2.45) is 0 Å². The molecule has 0 radical (unpaired) electrons. The molecule has 0 atom stereocenters. The molecule has 1 fully saturated rings. The predicted molar refractivity (Wildman–Crippen MR) is 81.3 cm³/mol. The zero-order chi connectivity index (χ0) is 14.5. The maximum absolute atomic E-state index is 10.7. The summed E-state index contributed by atoms with van der Waals surface area (Å²) in [5.41, 5.74) is 1.21. The summed E-state index contributed by atoms with van der Waals surface area (Å²) in [5, 5.41) is 10.7. The molecule has 1 aliphatic heterocycles. The Kier molecular flexibility index (Phi) is 4.95. The molecule has 110 valence electrons. The first-order chi connectivity index (χ1) is 9.61. The maximum Gasteiger partial charge on any atom is 0.269 e. The number of likely N-dealkylation sites (tertiary alicyclic amines) is 1. The van der Waals surface area contributed by atoms with E-state index >= 15 is 0 Å². The van der Waals surface area contributed by atoms with Crippen LogP contribution < -0.4 is 4.90 Å². The number of benzene rings is 1. The molecule has 5 nitrogen and oxygen atoms in total. The molecule has 0 aliphatic carbocycles. The molecular formula is C15H23N3O2. The van der Waals surface area contributed by atoms with Gasteiger partial charge in [-0.05, 0) is 37.9 Å². The van der Waals surface area contributed by atoms with Gasteiger partial charge in [0.1, 0.15) is 0 Å². The highest BCUT2D eigenvalue weighted by molar-refractivity contribution is 5.51. The lowest BCUT2D eigenvalue weighted by Crippen LogP contribution is -2.43. The van der Waals surface area contributed by atoms with E-state index in [0.717, 1.165) is 31.6 Å². The summed E-state index contributed by atoms with van der Waals surface area (Å²) >= 11 is 0. The highest BCUT2D eigenvalue weighted by atomic mass is 16.6. The van der Waals surface area contributed by atoms with Gasteiger partial charge in [0, 0.05) is 44.0 Å². The van der Waals surface area contributed by atoms with Gasteiger partial charge in [-0.1, -0.05) is 6.92 Å². The minimum atomic E-state index is -0.354. The van der Waals surface area contributed by atoms with Crippen LogP contribution in [0.3, 0.4) is 0 Å². The largest absolute Gasteiger partial charge is 0.372 e. The first-order valence-electron chi connectivity index (χ1n) is 7.31. The summed E-state index contributed by atoms with van der Waals surface area (Å²) in [4.78, 5) is 15.1. The molecule has 2 rings (SSSR count). The molecule has 1 saturated heterocycles. The Morgan fingerprint density at radius 1 is 1.30 bits per heavy atom. The van der Waals surface area contributed by atoms with E-state index in [4.69, 9.17) is 0 Å². The van der Waals surface area contributed by atoms with Gasteiger partial charge in [0.2, 0.25) is 0 Å². The minimum absolute atomic E-state index is 0.153. The van der Waals surface area contributed by atoms with Crippen LogP contribution in [0, 0.1) is 10.1 Å². The fourth-order valence-corrected chi connectivity index (χ4v) is 2.87. The smallest absolute Gasteiger partial charge is 0.269 e. The average Bonchev–Trinajstić information content (AvgIpc) is 2.48. The van der Waals surface area contributed by atoms with Crippen LogP contribution >= 0.6 is 0 Å². The van der Waals surface area contributed by atoms with Crippen LogP contribution in [0.2, 0.25) is 0 Å². The van der Waals surface area contributed by atoms with Crippen LogP contribution in [0.4, 0.5) is 11.4 Å². The Morgan fingerprint density at radius 3 is 2.40 bits per heavy atom. The molecule has 0 saturated carbocycles. The van der Waals surface area contributed by atoms with Crippen molar-refractivity contribution in [2.75, 3.05) is 31.6 Å². The quantitative estimate of drug-likeness (QED) is 0.613. The molecule has 0 aromatic heterocycles. The monoisotopic (exact) mass is 277 g/mol. The van der Waals surface area contributed by atoms with Gasteiger partial charge in [-0.15, -0.1) is 0 Å². The zero-order valence-corrected chi connectivity index (χ0v) is 12.3. The van der Waals surface area contributed by atoms with E-state index in [0.29, 0.717) is 6.04 Å². The van der Waals surface area contributed by atoms with Crippen molar-refractivity contribution in [3.05, 3.63) is 34.4 Å². The molecule has 0 N–H and O–H groups in total. The number of anilines is 1. The first kappa shape index (κ1) is 14.8. The second kappa shape index (κ2) is 6.70. The Morgan fingerprint density at radius 2 is 1.90 bits per heavy atom. The van der Waals surface area contributed by atoms with Gasteiger partial charge in [0.05, 0.1) is 4.92 Å². The van der Waals surface area contributed by atoms with E-state index < -0.39 is 0 Å². The van der Waals surface area contributed by atoms with Gasteiger partial charge < -0.3 is 9.80 Å². The summed E-state index contributed by atoms with van der Waals surface area (Å²) in [6, 6.07) is 7.38. The number of nitrogens with zero attached hydrogens (tertiary/aromatic N) is 3. The molecule has 20 heavy (non-hydrogen) atoms. The van der Waals surface area contributed by atoms with Gasteiger partial charge in [0.15, 0.2) is 0 Å². The molecule has 1 aliphatic rings. The van der Waals surface area contributed by atoms with Crippen LogP contribution in [0.5, 0.6) is 0 Å². The summed E-state index contributed by atoms with van der Waals surface area (Å²) < 4.78 is 0. The zero-order valence-electron chi connectivity index (χ0n) is 12.3. The second-order valence-electron chi connectivity index (χ2n) is 5.46. The number of hydrogen-bond acceptors (Lipinski definition) is 4. The van der Waals surface area contributed by atoms with E-state index in [1.807, 2.05) is 12.1 Å². The summed E-state index contributed by atoms with van der Waals surface area (Å²) in [7, 11) is 2.08. The van der Waals surface area contributed by atoms with Gasteiger partial charge in [0.25, 0.3) is 5.69 Å². The highest BCUT2D eigenvalue weighted by Gasteiger charge is 2.22. The minimum Gasteiger partial charge on any atom is -0.372 e. The number of rotatable bonds is 5. The third kappa shape index (κ3) is 3.48. The van der Waals surface area contributed by atoms with Crippen LogP contribution in [-0.2, 0) is 0 Å². The normalized spacial score (nSPS) is 17.1. The Hall–Kier alpha value is -1.62. The van der Waals surface area contributed by atoms with Crippen molar-refractivity contribution in [1.29, 1.82) is 0 Å². The second-order valence-corrected chi connectivity index (χ2v) is 5.46. The fraction of sp³-hybridized carbons (Fsp3) is 0.600. The summed E-state index contributed by atoms with van der Waals surface area (Å²) in [6.07, 6.45) is 3.53. The molecule has 1 aromatic rings. The van der Waals surface area contributed by atoms with Crippen molar-refractivity contribution in [2.45, 2.75) is 32.2 Å². The third-order valence-corrected chi connectivity index (χ3v) is 4.11. The van der Waals surface area contributed by atoms with Crippen LogP contribution in [0.1, 0.15) is 26.2 Å². The SMILES string of the molecule is CCCN1CCC(N(C)c2ccc([N+](=O)[O-])cc2)CC1. The van der Waals surface area contributed by atoms with Crippen LogP contribution in [0.25, 0.3) is 0 Å². The molecule has 1 aromatic carbocycles. The molecule has 0 unspecified atom stereocenters. The Balaban J connectivity index is 1.94.